The number of aliphatic hydroxyl groups excluding tert-OH is 1. The van der Waals surface area contributed by atoms with Crippen molar-refractivity contribution in [2.75, 3.05) is 18.4 Å². The highest BCUT2D eigenvalue weighted by molar-refractivity contribution is 7.16. The maximum Gasteiger partial charge on any atom is 0.586 e. The van der Waals surface area contributed by atoms with Gasteiger partial charge in [-0.25, -0.2) is 4.98 Å². The minimum Gasteiger partial charge on any atom is -0.395 e. The molecular weight excluding hydrogens is 524 g/mol. The number of β-amino-alcohol motifs (C(OH)–C–C–N with tert-alkyl or cyclic N) is 1. The highest BCUT2D eigenvalue weighted by Gasteiger charge is 2.53. The Morgan fingerprint density at radius 1 is 1.24 bits per heavy atom. The van der Waals surface area contributed by atoms with E-state index in [9.17, 15) is 18.7 Å². The number of carbonyl (C=O) groups excluding carboxylic acids is 1. The van der Waals surface area contributed by atoms with Crippen molar-refractivity contribution in [2.24, 2.45) is 0 Å². The molecule has 2 atom stereocenters. The fraction of sp³-hybridized carbons (Fsp3) is 0.385. The fourth-order valence-corrected chi connectivity index (χ4v) is 6.51. The average molecular weight is 548 g/mol. The van der Waals surface area contributed by atoms with Gasteiger partial charge >= 0.3 is 6.29 Å². The zero-order valence-electron chi connectivity index (χ0n) is 19.8. The normalized spacial score (nSPS) is 22.1. The molecule has 37 heavy (non-hydrogen) atoms. The van der Waals surface area contributed by atoms with Gasteiger partial charge in [0, 0.05) is 18.1 Å². The molecule has 1 aliphatic carbocycles. The second kappa shape index (κ2) is 8.90. The van der Waals surface area contributed by atoms with Crippen molar-refractivity contribution in [1.82, 2.24) is 9.88 Å². The third kappa shape index (κ3) is 4.46. The van der Waals surface area contributed by atoms with Crippen molar-refractivity contribution in [2.45, 2.75) is 50.0 Å². The molecule has 2 fully saturated rings. The van der Waals surface area contributed by atoms with E-state index in [1.807, 2.05) is 31.2 Å². The molecule has 194 valence electrons. The molecule has 3 heterocycles. The number of fused-ring (bicyclic) bond motifs is 1. The van der Waals surface area contributed by atoms with Gasteiger partial charge in [-0.3, -0.25) is 9.69 Å². The van der Waals surface area contributed by atoms with Crippen LogP contribution in [0.25, 0.3) is 0 Å². The summed E-state index contributed by atoms with van der Waals surface area (Å²) in [5.74, 6) is -0.378. The van der Waals surface area contributed by atoms with Crippen LogP contribution in [0.3, 0.4) is 0 Å². The van der Waals surface area contributed by atoms with Crippen LogP contribution in [-0.4, -0.2) is 46.4 Å². The minimum absolute atomic E-state index is 0.0530. The topological polar surface area (TPSA) is 83.9 Å². The Kier molecular flexibility index (Phi) is 5.91. The molecule has 1 amide bonds. The summed E-state index contributed by atoms with van der Waals surface area (Å²) >= 11 is 7.96. The van der Waals surface area contributed by atoms with E-state index in [0.717, 1.165) is 16.1 Å². The molecule has 0 radical (unpaired) electrons. The third-order valence-corrected chi connectivity index (χ3v) is 8.67. The number of benzene rings is 2. The van der Waals surface area contributed by atoms with Gasteiger partial charge < -0.3 is 19.9 Å². The highest BCUT2D eigenvalue weighted by atomic mass is 35.5. The Morgan fingerprint density at radius 2 is 2.00 bits per heavy atom. The maximum absolute atomic E-state index is 13.5. The lowest BCUT2D eigenvalue weighted by molar-refractivity contribution is -0.286. The summed E-state index contributed by atoms with van der Waals surface area (Å²) < 4.78 is 36.0. The van der Waals surface area contributed by atoms with Crippen LogP contribution in [0.15, 0.2) is 42.5 Å². The summed E-state index contributed by atoms with van der Waals surface area (Å²) in [5, 5.41) is 14.2. The number of rotatable bonds is 6. The van der Waals surface area contributed by atoms with Crippen molar-refractivity contribution in [3.8, 4) is 11.5 Å². The first-order chi connectivity index (χ1) is 17.6. The molecule has 2 N–H and O–H groups in total. The Bertz CT molecular complexity index is 1380. The smallest absolute Gasteiger partial charge is 0.395 e. The van der Waals surface area contributed by atoms with Crippen LogP contribution in [0.2, 0.25) is 5.02 Å². The SMILES string of the molecule is Cc1nc(NC(=O)C2(c3ccc4c(c3)OC(F)(F)O4)CC2)sc1[C@@H](c1ccccc1Cl)N1CC[C@H](O)C1. The maximum atomic E-state index is 13.5. The molecule has 6 rings (SSSR count). The van der Waals surface area contributed by atoms with Gasteiger partial charge in [-0.1, -0.05) is 47.2 Å². The van der Waals surface area contributed by atoms with Crippen LogP contribution >= 0.6 is 22.9 Å². The van der Waals surface area contributed by atoms with Crippen LogP contribution in [-0.2, 0) is 10.2 Å². The van der Waals surface area contributed by atoms with Crippen molar-refractivity contribution in [3.63, 3.8) is 0 Å². The summed E-state index contributed by atoms with van der Waals surface area (Å²) in [6, 6.07) is 11.9. The summed E-state index contributed by atoms with van der Waals surface area (Å²) in [6.07, 6.45) is -2.28. The predicted octanol–water partition coefficient (Wildman–Crippen LogP) is 5.25. The van der Waals surface area contributed by atoms with Gasteiger partial charge in [-0.05, 0) is 55.5 Å². The number of halogens is 3. The molecule has 0 bridgehead atoms. The molecule has 1 aromatic heterocycles. The van der Waals surface area contributed by atoms with E-state index in [1.165, 1.54) is 23.5 Å². The molecule has 7 nitrogen and oxygen atoms in total. The summed E-state index contributed by atoms with van der Waals surface area (Å²) in [5.41, 5.74) is 1.44. The number of ether oxygens (including phenoxy) is 2. The number of thiazole rings is 1. The van der Waals surface area contributed by atoms with E-state index in [1.54, 1.807) is 6.07 Å². The number of nitrogens with zero attached hydrogens (tertiary/aromatic N) is 2. The largest absolute Gasteiger partial charge is 0.586 e. The molecule has 2 aliphatic heterocycles. The minimum atomic E-state index is -3.71. The van der Waals surface area contributed by atoms with Gasteiger partial charge in [0.2, 0.25) is 5.91 Å². The number of hydrogen-bond donors (Lipinski definition) is 2. The average Bonchev–Trinajstić information content (AvgIpc) is 3.29. The van der Waals surface area contributed by atoms with Gasteiger partial charge in [0.15, 0.2) is 16.6 Å². The van der Waals surface area contributed by atoms with E-state index in [2.05, 4.69) is 24.7 Å². The number of anilines is 1. The quantitative estimate of drug-likeness (QED) is 0.438. The van der Waals surface area contributed by atoms with Crippen LogP contribution in [0.4, 0.5) is 13.9 Å². The van der Waals surface area contributed by atoms with Crippen LogP contribution in [0.1, 0.15) is 47.0 Å². The zero-order chi connectivity index (χ0) is 25.9. The van der Waals surface area contributed by atoms with Gasteiger partial charge in [-0.15, -0.1) is 8.78 Å². The van der Waals surface area contributed by atoms with Gasteiger partial charge in [0.1, 0.15) is 0 Å². The van der Waals surface area contributed by atoms with Crippen LogP contribution < -0.4 is 14.8 Å². The number of aryl methyl sites for hydroxylation is 1. The van der Waals surface area contributed by atoms with Crippen molar-refractivity contribution >= 4 is 34.0 Å². The van der Waals surface area contributed by atoms with Crippen molar-refractivity contribution < 1.29 is 28.2 Å². The van der Waals surface area contributed by atoms with E-state index < -0.39 is 17.8 Å². The molecule has 1 saturated heterocycles. The lowest BCUT2D eigenvalue weighted by atomic mass is 9.94. The molecule has 0 unspecified atom stereocenters. The summed E-state index contributed by atoms with van der Waals surface area (Å²) in [7, 11) is 0. The molecule has 3 aliphatic rings. The summed E-state index contributed by atoms with van der Waals surface area (Å²) in [4.78, 5) is 21.2. The Labute approximate surface area is 221 Å². The van der Waals surface area contributed by atoms with Crippen LogP contribution in [0, 0.1) is 6.92 Å². The van der Waals surface area contributed by atoms with E-state index in [-0.39, 0.29) is 23.4 Å². The van der Waals surface area contributed by atoms with Gasteiger partial charge in [0.05, 0.1) is 28.1 Å². The Hall–Kier alpha value is -2.79. The molecule has 0 spiro atoms. The number of aromatic nitrogens is 1. The first-order valence-electron chi connectivity index (χ1n) is 12.0. The molecule has 1 saturated carbocycles. The van der Waals surface area contributed by atoms with E-state index in [4.69, 9.17) is 11.6 Å². The third-order valence-electron chi connectivity index (χ3n) is 7.20. The number of alkyl halides is 2. The van der Waals surface area contributed by atoms with E-state index in [0.29, 0.717) is 48.1 Å². The number of amides is 1. The molecular formula is C26H24ClF2N3O4S. The van der Waals surface area contributed by atoms with Crippen LogP contribution in [0.5, 0.6) is 11.5 Å². The number of carbonyl (C=O) groups is 1. The predicted molar refractivity (Wildman–Crippen MR) is 135 cm³/mol. The standard InChI is InChI=1S/C26H24ClF2N3O4S/c1-14-22(21(32-11-8-16(33)13-32)17-4-2-3-5-18(17)27)37-24(30-14)31-23(34)25(9-10-25)15-6-7-19-20(12-15)36-26(28,29)35-19/h2-7,12,16,21,33H,8-11,13H2,1H3,(H,30,31,34)/t16-,21+/m0/s1. The Morgan fingerprint density at radius 3 is 2.70 bits per heavy atom. The monoisotopic (exact) mass is 547 g/mol. The first-order valence-corrected chi connectivity index (χ1v) is 13.2. The molecule has 2 aromatic carbocycles. The van der Waals surface area contributed by atoms with Crippen molar-refractivity contribution in [1.29, 1.82) is 0 Å². The van der Waals surface area contributed by atoms with Crippen molar-refractivity contribution in [3.05, 3.63) is 69.2 Å². The first kappa shape index (κ1) is 24.5. The highest BCUT2D eigenvalue weighted by Crippen LogP contribution is 2.52. The second-order valence-corrected chi connectivity index (χ2v) is 11.1. The number of hydrogen-bond acceptors (Lipinski definition) is 7. The number of aliphatic hydroxyl groups is 1. The molecule has 3 aromatic rings. The number of likely N-dealkylation sites (tertiary alicyclic amines) is 1. The second-order valence-electron chi connectivity index (χ2n) is 9.70. The lowest BCUT2D eigenvalue weighted by Crippen LogP contribution is -2.28. The number of nitrogens with one attached hydrogen (secondary N) is 1. The van der Waals surface area contributed by atoms with Gasteiger partial charge in [0.25, 0.3) is 0 Å². The van der Waals surface area contributed by atoms with Gasteiger partial charge in [-0.2, -0.15) is 0 Å². The van der Waals surface area contributed by atoms with E-state index >= 15 is 0 Å². The summed E-state index contributed by atoms with van der Waals surface area (Å²) in [6.45, 7) is 3.12. The Balaban J connectivity index is 1.27. The fourth-order valence-electron chi connectivity index (χ4n) is 5.15. The molecule has 11 heteroatoms. The lowest BCUT2D eigenvalue weighted by Gasteiger charge is -2.28. The zero-order valence-corrected chi connectivity index (χ0v) is 21.4.